The summed E-state index contributed by atoms with van der Waals surface area (Å²) in [6.45, 7) is 5.41. The van der Waals surface area contributed by atoms with E-state index in [1.54, 1.807) is 7.11 Å². The first-order valence-electron chi connectivity index (χ1n) is 7.86. The van der Waals surface area contributed by atoms with E-state index in [0.29, 0.717) is 6.54 Å². The summed E-state index contributed by atoms with van der Waals surface area (Å²) in [5, 5.41) is 5.88. The Bertz CT molecular complexity index is 447. The smallest absolute Gasteiger partial charge is 0.315 e. The summed E-state index contributed by atoms with van der Waals surface area (Å²) in [5.41, 5.74) is 1.28. The molecule has 2 N–H and O–H groups in total. The number of aromatic nitrogens is 1. The number of nitrogens with one attached hydrogen (secondary N) is 2. The van der Waals surface area contributed by atoms with Gasteiger partial charge in [-0.25, -0.2) is 4.79 Å². The van der Waals surface area contributed by atoms with E-state index in [9.17, 15) is 4.79 Å². The number of methoxy groups -OCH3 is 1. The second-order valence-corrected chi connectivity index (χ2v) is 5.81. The maximum Gasteiger partial charge on any atom is 0.315 e. The Labute approximate surface area is 132 Å². The average molecular weight is 306 g/mol. The van der Waals surface area contributed by atoms with Gasteiger partial charge in [0.05, 0.1) is 6.10 Å². The van der Waals surface area contributed by atoms with E-state index in [1.807, 2.05) is 19.3 Å². The number of rotatable bonds is 6. The molecule has 1 aromatic rings. The van der Waals surface area contributed by atoms with Crippen molar-refractivity contribution in [2.45, 2.75) is 38.5 Å². The van der Waals surface area contributed by atoms with Gasteiger partial charge in [0.2, 0.25) is 0 Å². The number of urea groups is 1. The number of carbonyl (C=O) groups is 1. The Kier molecular flexibility index (Phi) is 6.61. The zero-order valence-corrected chi connectivity index (χ0v) is 13.4. The molecule has 122 valence electrons. The first-order chi connectivity index (χ1) is 10.7. The molecule has 0 bridgehead atoms. The van der Waals surface area contributed by atoms with Crippen LogP contribution in [-0.2, 0) is 11.3 Å². The van der Waals surface area contributed by atoms with Crippen LogP contribution in [0.2, 0.25) is 0 Å². The molecule has 0 radical (unpaired) electrons. The Morgan fingerprint density at radius 2 is 2.09 bits per heavy atom. The van der Waals surface area contributed by atoms with Gasteiger partial charge in [0, 0.05) is 51.7 Å². The summed E-state index contributed by atoms with van der Waals surface area (Å²) in [7, 11) is 1.64. The minimum Gasteiger partial charge on any atom is -0.380 e. The Balaban J connectivity index is 1.65. The summed E-state index contributed by atoms with van der Waals surface area (Å²) in [6.07, 6.45) is 5.66. The molecule has 1 aliphatic heterocycles. The number of likely N-dealkylation sites (tertiary alicyclic amines) is 1. The van der Waals surface area contributed by atoms with Gasteiger partial charge in [0.1, 0.15) is 0 Å². The summed E-state index contributed by atoms with van der Waals surface area (Å²) < 4.78 is 5.11. The van der Waals surface area contributed by atoms with Crippen molar-refractivity contribution in [3.05, 3.63) is 30.1 Å². The van der Waals surface area contributed by atoms with Gasteiger partial charge < -0.3 is 15.4 Å². The normalized spacial score (nSPS) is 17.9. The van der Waals surface area contributed by atoms with Crippen molar-refractivity contribution in [3.8, 4) is 0 Å². The second kappa shape index (κ2) is 8.70. The lowest BCUT2D eigenvalue weighted by atomic mass is 10.0. The number of nitrogens with zero attached hydrogens (tertiary/aromatic N) is 2. The van der Waals surface area contributed by atoms with Gasteiger partial charge in [-0.2, -0.15) is 0 Å². The SMILES string of the molecule is CO[C@@H](C)CNC(=O)NC1CCN(Cc2ccncc2)CC1. The number of piperidine rings is 1. The van der Waals surface area contributed by atoms with Gasteiger partial charge in [-0.15, -0.1) is 0 Å². The topological polar surface area (TPSA) is 66.5 Å². The standard InChI is InChI=1S/C16H26N4O2/c1-13(22-2)11-18-16(21)19-15-5-9-20(10-6-15)12-14-3-7-17-8-4-14/h3-4,7-8,13,15H,5-6,9-12H2,1-2H3,(H2,18,19,21)/t13-/m0/s1. The molecule has 22 heavy (non-hydrogen) atoms. The third kappa shape index (κ3) is 5.61. The Morgan fingerprint density at radius 1 is 1.41 bits per heavy atom. The highest BCUT2D eigenvalue weighted by Gasteiger charge is 2.20. The molecule has 1 aliphatic rings. The van der Waals surface area contributed by atoms with Crippen molar-refractivity contribution < 1.29 is 9.53 Å². The van der Waals surface area contributed by atoms with Crippen LogP contribution in [0.1, 0.15) is 25.3 Å². The van der Waals surface area contributed by atoms with Gasteiger partial charge >= 0.3 is 6.03 Å². The third-order valence-electron chi connectivity index (χ3n) is 4.03. The molecule has 6 heteroatoms. The van der Waals surface area contributed by atoms with Crippen molar-refractivity contribution in [1.82, 2.24) is 20.5 Å². The van der Waals surface area contributed by atoms with E-state index in [2.05, 4.69) is 32.7 Å². The van der Waals surface area contributed by atoms with Crippen LogP contribution < -0.4 is 10.6 Å². The van der Waals surface area contributed by atoms with Crippen molar-refractivity contribution in [2.24, 2.45) is 0 Å². The minimum absolute atomic E-state index is 0.0351. The average Bonchev–Trinajstić information content (AvgIpc) is 2.55. The van der Waals surface area contributed by atoms with Gasteiger partial charge in [-0.1, -0.05) is 0 Å². The van der Waals surface area contributed by atoms with E-state index in [-0.39, 0.29) is 18.2 Å². The summed E-state index contributed by atoms with van der Waals surface area (Å²) in [6, 6.07) is 4.26. The molecule has 0 saturated carbocycles. The highest BCUT2D eigenvalue weighted by molar-refractivity contribution is 5.74. The summed E-state index contributed by atoms with van der Waals surface area (Å²) in [5.74, 6) is 0. The molecule has 6 nitrogen and oxygen atoms in total. The molecule has 2 amide bonds. The molecule has 1 saturated heterocycles. The van der Waals surface area contributed by atoms with Crippen LogP contribution in [0.4, 0.5) is 4.79 Å². The zero-order valence-electron chi connectivity index (χ0n) is 13.4. The third-order valence-corrected chi connectivity index (χ3v) is 4.03. The van der Waals surface area contributed by atoms with Crippen LogP contribution in [0, 0.1) is 0 Å². The van der Waals surface area contributed by atoms with Crippen LogP contribution in [0.3, 0.4) is 0 Å². The largest absolute Gasteiger partial charge is 0.380 e. The molecule has 0 aliphatic carbocycles. The van der Waals surface area contributed by atoms with Gasteiger partial charge in [-0.05, 0) is 37.5 Å². The van der Waals surface area contributed by atoms with E-state index in [1.165, 1.54) is 5.56 Å². The lowest BCUT2D eigenvalue weighted by Crippen LogP contribution is -2.48. The molecule has 1 atom stereocenters. The number of pyridine rings is 1. The highest BCUT2D eigenvalue weighted by Crippen LogP contribution is 2.13. The van der Waals surface area contributed by atoms with Crippen LogP contribution in [0.5, 0.6) is 0 Å². The van der Waals surface area contributed by atoms with Crippen LogP contribution in [-0.4, -0.2) is 54.8 Å². The minimum atomic E-state index is -0.100. The summed E-state index contributed by atoms with van der Waals surface area (Å²) in [4.78, 5) is 18.3. The van der Waals surface area contributed by atoms with Crippen molar-refractivity contribution in [1.29, 1.82) is 0 Å². The molecule has 0 spiro atoms. The predicted molar refractivity (Wildman–Crippen MR) is 85.5 cm³/mol. The highest BCUT2D eigenvalue weighted by atomic mass is 16.5. The quantitative estimate of drug-likeness (QED) is 0.833. The molecule has 1 aromatic heterocycles. The molecular formula is C16H26N4O2. The number of ether oxygens (including phenoxy) is 1. The lowest BCUT2D eigenvalue weighted by Gasteiger charge is -2.32. The predicted octanol–water partition coefficient (Wildman–Crippen LogP) is 1.38. The van der Waals surface area contributed by atoms with Gasteiger partial charge in [-0.3, -0.25) is 9.88 Å². The molecule has 1 fully saturated rings. The first kappa shape index (κ1) is 16.7. The summed E-state index contributed by atoms with van der Waals surface area (Å²) >= 11 is 0. The fourth-order valence-electron chi connectivity index (χ4n) is 2.54. The van der Waals surface area contributed by atoms with E-state index < -0.39 is 0 Å². The molecule has 0 unspecified atom stereocenters. The molecule has 0 aromatic carbocycles. The van der Waals surface area contributed by atoms with Gasteiger partial charge in [0.15, 0.2) is 0 Å². The van der Waals surface area contributed by atoms with Crippen molar-refractivity contribution in [3.63, 3.8) is 0 Å². The van der Waals surface area contributed by atoms with Crippen molar-refractivity contribution in [2.75, 3.05) is 26.7 Å². The number of amides is 2. The zero-order chi connectivity index (χ0) is 15.8. The van der Waals surface area contributed by atoms with E-state index >= 15 is 0 Å². The maximum atomic E-state index is 11.8. The van der Waals surface area contributed by atoms with Crippen LogP contribution >= 0.6 is 0 Å². The Morgan fingerprint density at radius 3 is 2.73 bits per heavy atom. The monoisotopic (exact) mass is 306 g/mol. The molecular weight excluding hydrogens is 280 g/mol. The first-order valence-corrected chi connectivity index (χ1v) is 7.86. The maximum absolute atomic E-state index is 11.8. The van der Waals surface area contributed by atoms with Crippen LogP contribution in [0.25, 0.3) is 0 Å². The molecule has 2 rings (SSSR count). The number of hydrogen-bond acceptors (Lipinski definition) is 4. The fourth-order valence-corrected chi connectivity index (χ4v) is 2.54. The van der Waals surface area contributed by atoms with Crippen LogP contribution in [0.15, 0.2) is 24.5 Å². The molecule has 2 heterocycles. The number of carbonyl (C=O) groups excluding carboxylic acids is 1. The second-order valence-electron chi connectivity index (χ2n) is 5.81. The van der Waals surface area contributed by atoms with E-state index in [4.69, 9.17) is 4.74 Å². The Hall–Kier alpha value is -1.66. The van der Waals surface area contributed by atoms with E-state index in [0.717, 1.165) is 32.5 Å². The lowest BCUT2D eigenvalue weighted by molar-refractivity contribution is 0.118. The number of hydrogen-bond donors (Lipinski definition) is 2. The van der Waals surface area contributed by atoms with Gasteiger partial charge in [0.25, 0.3) is 0 Å². The van der Waals surface area contributed by atoms with Crippen molar-refractivity contribution >= 4 is 6.03 Å². The fraction of sp³-hybridized carbons (Fsp3) is 0.625.